The van der Waals surface area contributed by atoms with E-state index in [1.807, 2.05) is 0 Å². The topological polar surface area (TPSA) is 46.0 Å². The third-order valence-corrected chi connectivity index (χ3v) is 4.58. The number of nitrogens with one attached hydrogen (secondary N) is 1. The zero-order valence-corrected chi connectivity index (χ0v) is 12.8. The van der Waals surface area contributed by atoms with E-state index in [1.165, 1.54) is 38.9 Å². The van der Waals surface area contributed by atoms with Gasteiger partial charge in [-0.05, 0) is 37.6 Å². The summed E-state index contributed by atoms with van der Waals surface area (Å²) >= 11 is 0. The lowest BCUT2D eigenvalue weighted by molar-refractivity contribution is 0.105. The maximum atomic E-state index is 4.46. The zero-order valence-electron chi connectivity index (χ0n) is 12.8. The molecular weight excluding hydrogens is 250 g/mol. The second-order valence-electron chi connectivity index (χ2n) is 6.74. The molecule has 0 spiro atoms. The van der Waals surface area contributed by atoms with E-state index in [0.29, 0.717) is 5.92 Å². The first-order valence-corrected chi connectivity index (χ1v) is 8.05. The summed E-state index contributed by atoms with van der Waals surface area (Å²) in [6, 6.07) is 0.758. The number of nitrogens with zero attached hydrogens (tertiary/aromatic N) is 4. The van der Waals surface area contributed by atoms with Crippen molar-refractivity contribution in [2.24, 2.45) is 11.8 Å². The molecule has 0 bridgehead atoms. The van der Waals surface area contributed by atoms with E-state index >= 15 is 0 Å². The molecule has 3 rings (SSSR count). The highest BCUT2D eigenvalue weighted by Gasteiger charge is 2.31. The smallest absolute Gasteiger partial charge is 0.141 e. The molecule has 20 heavy (non-hydrogen) atoms. The van der Waals surface area contributed by atoms with Crippen LogP contribution >= 0.6 is 0 Å². The molecule has 5 nitrogen and oxygen atoms in total. The Balaban J connectivity index is 1.59. The van der Waals surface area contributed by atoms with E-state index < -0.39 is 0 Å². The van der Waals surface area contributed by atoms with Crippen LogP contribution in [0.25, 0.3) is 0 Å². The summed E-state index contributed by atoms with van der Waals surface area (Å²) in [4.78, 5) is 7.03. The highest BCUT2D eigenvalue weighted by molar-refractivity contribution is 4.92. The monoisotopic (exact) mass is 277 g/mol. The van der Waals surface area contributed by atoms with Crippen LogP contribution in [0.15, 0.2) is 6.33 Å². The average molecular weight is 277 g/mol. The molecule has 112 valence electrons. The lowest BCUT2D eigenvalue weighted by Gasteiger charge is -2.41. The minimum Gasteiger partial charge on any atom is -0.314 e. The van der Waals surface area contributed by atoms with Gasteiger partial charge in [0.05, 0.1) is 6.54 Å². The summed E-state index contributed by atoms with van der Waals surface area (Å²) in [6.45, 7) is 9.99. The van der Waals surface area contributed by atoms with Crippen molar-refractivity contribution < 1.29 is 0 Å². The number of likely N-dealkylation sites (tertiary alicyclic amines) is 1. The fourth-order valence-electron chi connectivity index (χ4n) is 3.57. The molecule has 1 aromatic heterocycles. The molecule has 2 saturated heterocycles. The van der Waals surface area contributed by atoms with Crippen molar-refractivity contribution >= 4 is 0 Å². The van der Waals surface area contributed by atoms with Gasteiger partial charge in [0, 0.05) is 25.7 Å². The maximum Gasteiger partial charge on any atom is 0.141 e. The fourth-order valence-corrected chi connectivity index (χ4v) is 3.57. The van der Waals surface area contributed by atoms with Gasteiger partial charge in [-0.25, -0.2) is 9.67 Å². The number of aromatic nitrogens is 3. The molecular formula is C15H27N5. The van der Waals surface area contributed by atoms with E-state index in [0.717, 1.165) is 30.9 Å². The van der Waals surface area contributed by atoms with E-state index in [9.17, 15) is 0 Å². The second kappa shape index (κ2) is 6.22. The first kappa shape index (κ1) is 14.0. The molecule has 2 aliphatic rings. The molecule has 0 saturated carbocycles. The standard InChI is InChI=1S/C15H27N5/c1-12(2)8-20-15(17-11-18-20)10-19-7-5-14-13(9-19)4-3-6-16-14/h11-14,16H,3-10H2,1-2H3. The van der Waals surface area contributed by atoms with E-state index in [4.69, 9.17) is 0 Å². The highest BCUT2D eigenvalue weighted by atomic mass is 15.3. The quantitative estimate of drug-likeness (QED) is 0.906. The molecule has 0 aromatic carbocycles. The number of piperidine rings is 2. The molecule has 1 aromatic rings. The van der Waals surface area contributed by atoms with Crippen molar-refractivity contribution in [2.75, 3.05) is 19.6 Å². The van der Waals surface area contributed by atoms with Gasteiger partial charge in [0.1, 0.15) is 12.2 Å². The van der Waals surface area contributed by atoms with E-state index in [2.05, 4.69) is 38.8 Å². The van der Waals surface area contributed by atoms with Crippen LogP contribution in [0.5, 0.6) is 0 Å². The zero-order chi connectivity index (χ0) is 13.9. The van der Waals surface area contributed by atoms with Crippen molar-refractivity contribution in [3.63, 3.8) is 0 Å². The molecule has 2 fully saturated rings. The Morgan fingerprint density at radius 2 is 2.30 bits per heavy atom. The van der Waals surface area contributed by atoms with Crippen molar-refractivity contribution in [3.8, 4) is 0 Å². The van der Waals surface area contributed by atoms with Crippen LogP contribution in [0.2, 0.25) is 0 Å². The third-order valence-electron chi connectivity index (χ3n) is 4.58. The Morgan fingerprint density at radius 3 is 3.15 bits per heavy atom. The average Bonchev–Trinajstić information content (AvgIpc) is 2.85. The minimum atomic E-state index is 0.615. The van der Waals surface area contributed by atoms with Gasteiger partial charge in [-0.3, -0.25) is 4.90 Å². The predicted molar refractivity (Wildman–Crippen MR) is 79.3 cm³/mol. The summed E-state index contributed by atoms with van der Waals surface area (Å²) in [5.41, 5.74) is 0. The Kier molecular flexibility index (Phi) is 4.36. The minimum absolute atomic E-state index is 0.615. The molecule has 5 heteroatoms. The Bertz CT molecular complexity index is 428. The first-order chi connectivity index (χ1) is 9.72. The van der Waals surface area contributed by atoms with Gasteiger partial charge >= 0.3 is 0 Å². The van der Waals surface area contributed by atoms with Gasteiger partial charge in [0.25, 0.3) is 0 Å². The Labute approximate surface area is 121 Å². The summed E-state index contributed by atoms with van der Waals surface area (Å²) in [7, 11) is 0. The first-order valence-electron chi connectivity index (χ1n) is 8.05. The van der Waals surface area contributed by atoms with Gasteiger partial charge in [0.15, 0.2) is 0 Å². The number of hydrogen-bond donors (Lipinski definition) is 1. The van der Waals surface area contributed by atoms with Gasteiger partial charge < -0.3 is 5.32 Å². The van der Waals surface area contributed by atoms with Crippen molar-refractivity contribution in [1.82, 2.24) is 25.0 Å². The van der Waals surface area contributed by atoms with E-state index in [1.54, 1.807) is 6.33 Å². The molecule has 2 atom stereocenters. The lowest BCUT2D eigenvalue weighted by Crippen LogP contribution is -2.51. The molecule has 0 aliphatic carbocycles. The molecule has 3 heterocycles. The van der Waals surface area contributed by atoms with Crippen LogP contribution < -0.4 is 5.32 Å². The maximum absolute atomic E-state index is 4.46. The molecule has 1 N–H and O–H groups in total. The fraction of sp³-hybridized carbons (Fsp3) is 0.867. The summed E-state index contributed by atoms with van der Waals surface area (Å²) < 4.78 is 2.08. The van der Waals surface area contributed by atoms with Gasteiger partial charge in [-0.15, -0.1) is 0 Å². The second-order valence-corrected chi connectivity index (χ2v) is 6.74. The third kappa shape index (κ3) is 3.20. The lowest BCUT2D eigenvalue weighted by atomic mass is 9.85. The van der Waals surface area contributed by atoms with E-state index in [-0.39, 0.29) is 0 Å². The predicted octanol–water partition coefficient (Wildman–Crippen LogP) is 1.51. The highest BCUT2D eigenvalue weighted by Crippen LogP contribution is 2.25. The van der Waals surface area contributed by atoms with Crippen molar-refractivity contribution in [3.05, 3.63) is 12.2 Å². The Morgan fingerprint density at radius 1 is 1.40 bits per heavy atom. The molecule has 0 amide bonds. The number of rotatable bonds is 4. The van der Waals surface area contributed by atoms with Crippen LogP contribution in [0.3, 0.4) is 0 Å². The van der Waals surface area contributed by atoms with Gasteiger partial charge in [0.2, 0.25) is 0 Å². The van der Waals surface area contributed by atoms with Gasteiger partial charge in [-0.1, -0.05) is 13.8 Å². The van der Waals surface area contributed by atoms with Crippen molar-refractivity contribution in [2.45, 2.75) is 52.2 Å². The SMILES string of the molecule is CC(C)Cn1ncnc1CN1CCC2NCCCC2C1. The summed E-state index contributed by atoms with van der Waals surface area (Å²) in [5, 5.41) is 8.05. The molecule has 0 radical (unpaired) electrons. The van der Waals surface area contributed by atoms with Crippen LogP contribution in [0.4, 0.5) is 0 Å². The summed E-state index contributed by atoms with van der Waals surface area (Å²) in [5.74, 6) is 2.57. The molecule has 2 aliphatic heterocycles. The molecule has 2 unspecified atom stereocenters. The number of fused-ring (bicyclic) bond motifs is 1. The summed E-state index contributed by atoms with van der Waals surface area (Å²) in [6.07, 6.45) is 5.70. The number of hydrogen-bond acceptors (Lipinski definition) is 4. The van der Waals surface area contributed by atoms with Crippen LogP contribution in [0, 0.1) is 11.8 Å². The largest absolute Gasteiger partial charge is 0.314 e. The van der Waals surface area contributed by atoms with Crippen LogP contribution in [0.1, 0.15) is 38.9 Å². The van der Waals surface area contributed by atoms with Crippen LogP contribution in [-0.4, -0.2) is 45.3 Å². The van der Waals surface area contributed by atoms with Crippen molar-refractivity contribution in [1.29, 1.82) is 0 Å². The van der Waals surface area contributed by atoms with Gasteiger partial charge in [-0.2, -0.15) is 5.10 Å². The van der Waals surface area contributed by atoms with Crippen LogP contribution in [-0.2, 0) is 13.1 Å². The Hall–Kier alpha value is -0.940. The normalized spacial score (nSPS) is 27.8.